The van der Waals surface area contributed by atoms with Crippen LogP contribution in [0.5, 0.6) is 5.88 Å². The number of carbonyl (C=O) groups is 1. The van der Waals surface area contributed by atoms with Crippen LogP contribution in [0.2, 0.25) is 0 Å². The van der Waals surface area contributed by atoms with Crippen LogP contribution in [0.1, 0.15) is 39.3 Å². The second-order valence-corrected chi connectivity index (χ2v) is 6.74. The van der Waals surface area contributed by atoms with Gasteiger partial charge in [-0.3, -0.25) is 0 Å². The third kappa shape index (κ3) is 5.16. The topological polar surface area (TPSA) is 64.5 Å². The lowest BCUT2D eigenvalue weighted by Gasteiger charge is -2.33. The molecular weight excluding hydrogens is 282 g/mol. The highest BCUT2D eigenvalue weighted by Gasteiger charge is 2.27. The lowest BCUT2D eigenvalue weighted by molar-refractivity contribution is 0.0138. The predicted octanol–water partition coefficient (Wildman–Crippen LogP) is 2.81. The zero-order valence-corrected chi connectivity index (χ0v) is 13.8. The van der Waals surface area contributed by atoms with Gasteiger partial charge in [0.15, 0.2) is 0 Å². The first-order valence-electron chi connectivity index (χ1n) is 7.73. The van der Waals surface area contributed by atoms with Crippen molar-refractivity contribution in [2.45, 2.75) is 46.1 Å². The van der Waals surface area contributed by atoms with E-state index in [0.717, 1.165) is 25.1 Å². The van der Waals surface area contributed by atoms with Crippen LogP contribution in [0, 0.1) is 12.8 Å². The van der Waals surface area contributed by atoms with Gasteiger partial charge in [0.2, 0.25) is 5.88 Å². The van der Waals surface area contributed by atoms with E-state index in [1.54, 1.807) is 4.90 Å². The van der Waals surface area contributed by atoms with E-state index in [0.29, 0.717) is 24.9 Å². The molecule has 6 heteroatoms. The molecule has 0 bridgehead atoms. The van der Waals surface area contributed by atoms with E-state index in [1.165, 1.54) is 6.33 Å². The summed E-state index contributed by atoms with van der Waals surface area (Å²) in [7, 11) is 0. The Hall–Kier alpha value is -1.85. The molecule has 0 saturated carbocycles. The highest BCUT2D eigenvalue weighted by Crippen LogP contribution is 2.20. The molecular formula is C16H25N3O3. The number of ether oxygens (including phenoxy) is 2. The maximum atomic E-state index is 12.1. The molecule has 2 heterocycles. The Balaban J connectivity index is 1.84. The van der Waals surface area contributed by atoms with Gasteiger partial charge in [-0.05, 0) is 40.5 Å². The third-order valence-corrected chi connectivity index (χ3v) is 3.42. The zero-order valence-electron chi connectivity index (χ0n) is 13.8. The first-order valence-corrected chi connectivity index (χ1v) is 7.73. The highest BCUT2D eigenvalue weighted by atomic mass is 16.6. The summed E-state index contributed by atoms with van der Waals surface area (Å²) in [6.07, 6.45) is 3.27. The lowest BCUT2D eigenvalue weighted by Crippen LogP contribution is -2.44. The SMILES string of the molecule is Cc1cc(OCC2CCCN(C(=O)OC(C)(C)C)C2)ncn1. The first kappa shape index (κ1) is 16.5. The quantitative estimate of drug-likeness (QED) is 0.859. The Labute approximate surface area is 131 Å². The molecule has 0 N–H and O–H groups in total. The summed E-state index contributed by atoms with van der Waals surface area (Å²) < 4.78 is 11.2. The zero-order chi connectivity index (χ0) is 16.2. The van der Waals surface area contributed by atoms with Crippen molar-refractivity contribution in [3.05, 3.63) is 18.1 Å². The number of rotatable bonds is 3. The van der Waals surface area contributed by atoms with E-state index < -0.39 is 5.60 Å². The average Bonchev–Trinajstić information content (AvgIpc) is 2.44. The number of amides is 1. The predicted molar refractivity (Wildman–Crippen MR) is 82.8 cm³/mol. The molecule has 6 nitrogen and oxygen atoms in total. The minimum atomic E-state index is -0.459. The van der Waals surface area contributed by atoms with Crippen LogP contribution >= 0.6 is 0 Å². The monoisotopic (exact) mass is 307 g/mol. The highest BCUT2D eigenvalue weighted by molar-refractivity contribution is 5.68. The fraction of sp³-hybridized carbons (Fsp3) is 0.688. The van der Waals surface area contributed by atoms with Crippen LogP contribution in [-0.2, 0) is 4.74 Å². The molecule has 1 unspecified atom stereocenters. The maximum absolute atomic E-state index is 12.1. The van der Waals surface area contributed by atoms with Gasteiger partial charge in [-0.1, -0.05) is 0 Å². The minimum absolute atomic E-state index is 0.241. The number of hydrogen-bond donors (Lipinski definition) is 0. The molecule has 0 aromatic carbocycles. The Morgan fingerprint density at radius 1 is 1.41 bits per heavy atom. The molecule has 1 atom stereocenters. The van der Waals surface area contributed by atoms with Gasteiger partial charge in [-0.25, -0.2) is 14.8 Å². The summed E-state index contributed by atoms with van der Waals surface area (Å²) in [4.78, 5) is 22.0. The fourth-order valence-electron chi connectivity index (χ4n) is 2.41. The molecule has 1 saturated heterocycles. The van der Waals surface area contributed by atoms with Crippen molar-refractivity contribution in [2.24, 2.45) is 5.92 Å². The largest absolute Gasteiger partial charge is 0.477 e. The average molecular weight is 307 g/mol. The van der Waals surface area contributed by atoms with E-state index in [1.807, 2.05) is 33.8 Å². The maximum Gasteiger partial charge on any atom is 0.410 e. The van der Waals surface area contributed by atoms with Crippen LogP contribution in [0.25, 0.3) is 0 Å². The molecule has 2 rings (SSSR count). The fourth-order valence-corrected chi connectivity index (χ4v) is 2.41. The van der Waals surface area contributed by atoms with E-state index in [9.17, 15) is 4.79 Å². The van der Waals surface area contributed by atoms with E-state index >= 15 is 0 Å². The summed E-state index contributed by atoms with van der Waals surface area (Å²) in [5, 5.41) is 0. The second-order valence-electron chi connectivity index (χ2n) is 6.74. The van der Waals surface area contributed by atoms with E-state index in [4.69, 9.17) is 9.47 Å². The summed E-state index contributed by atoms with van der Waals surface area (Å²) in [5.41, 5.74) is 0.419. The van der Waals surface area contributed by atoms with Gasteiger partial charge in [0.25, 0.3) is 0 Å². The molecule has 1 aliphatic rings. The number of hydrogen-bond acceptors (Lipinski definition) is 5. The molecule has 1 aromatic heterocycles. The van der Waals surface area contributed by atoms with E-state index in [2.05, 4.69) is 9.97 Å². The van der Waals surface area contributed by atoms with Crippen LogP contribution in [0.3, 0.4) is 0 Å². The van der Waals surface area contributed by atoms with Gasteiger partial charge in [-0.2, -0.15) is 0 Å². The Morgan fingerprint density at radius 3 is 2.86 bits per heavy atom. The van der Waals surface area contributed by atoms with Gasteiger partial charge in [0, 0.05) is 30.8 Å². The summed E-state index contributed by atoms with van der Waals surface area (Å²) in [6, 6.07) is 1.81. The van der Waals surface area contributed by atoms with Crippen molar-refractivity contribution in [1.82, 2.24) is 14.9 Å². The molecule has 1 aliphatic heterocycles. The molecule has 1 amide bonds. The number of likely N-dealkylation sites (tertiary alicyclic amines) is 1. The van der Waals surface area contributed by atoms with Gasteiger partial charge < -0.3 is 14.4 Å². The number of aromatic nitrogens is 2. The van der Waals surface area contributed by atoms with Crippen LogP contribution < -0.4 is 4.74 Å². The van der Waals surface area contributed by atoms with Crippen molar-refractivity contribution >= 4 is 6.09 Å². The Kier molecular flexibility index (Phi) is 5.21. The molecule has 122 valence electrons. The first-order chi connectivity index (χ1) is 10.3. The van der Waals surface area contributed by atoms with Crippen LogP contribution in [0.4, 0.5) is 4.79 Å². The van der Waals surface area contributed by atoms with Crippen LogP contribution in [-0.4, -0.2) is 46.3 Å². The van der Waals surface area contributed by atoms with Gasteiger partial charge in [-0.15, -0.1) is 0 Å². The minimum Gasteiger partial charge on any atom is -0.477 e. The van der Waals surface area contributed by atoms with Crippen molar-refractivity contribution in [3.63, 3.8) is 0 Å². The van der Waals surface area contributed by atoms with Crippen molar-refractivity contribution in [2.75, 3.05) is 19.7 Å². The summed E-state index contributed by atoms with van der Waals surface area (Å²) >= 11 is 0. The lowest BCUT2D eigenvalue weighted by atomic mass is 9.99. The number of aryl methyl sites for hydroxylation is 1. The molecule has 0 aliphatic carbocycles. The van der Waals surface area contributed by atoms with Crippen molar-refractivity contribution in [3.8, 4) is 5.88 Å². The normalized spacial score (nSPS) is 18.9. The molecule has 0 spiro atoms. The summed E-state index contributed by atoms with van der Waals surface area (Å²) in [6.45, 7) is 9.51. The molecule has 1 aromatic rings. The van der Waals surface area contributed by atoms with Gasteiger partial charge in [0.1, 0.15) is 11.9 Å². The van der Waals surface area contributed by atoms with Crippen LogP contribution in [0.15, 0.2) is 12.4 Å². The van der Waals surface area contributed by atoms with Crippen molar-refractivity contribution < 1.29 is 14.3 Å². The molecule has 22 heavy (non-hydrogen) atoms. The Morgan fingerprint density at radius 2 is 2.18 bits per heavy atom. The molecule has 1 fully saturated rings. The Bertz CT molecular complexity index is 514. The van der Waals surface area contributed by atoms with E-state index in [-0.39, 0.29) is 6.09 Å². The van der Waals surface area contributed by atoms with Crippen molar-refractivity contribution in [1.29, 1.82) is 0 Å². The summed E-state index contributed by atoms with van der Waals surface area (Å²) in [5.74, 6) is 0.887. The molecule has 0 radical (unpaired) electrons. The van der Waals surface area contributed by atoms with Gasteiger partial charge in [0.05, 0.1) is 6.61 Å². The smallest absolute Gasteiger partial charge is 0.410 e. The third-order valence-electron chi connectivity index (χ3n) is 3.42. The second kappa shape index (κ2) is 6.94. The van der Waals surface area contributed by atoms with Gasteiger partial charge >= 0.3 is 6.09 Å². The number of carbonyl (C=O) groups excluding carboxylic acids is 1. The number of nitrogens with zero attached hydrogens (tertiary/aromatic N) is 3. The number of piperidine rings is 1. The standard InChI is InChI=1S/C16H25N3O3/c1-12-8-14(18-11-17-12)21-10-13-6-5-7-19(9-13)15(20)22-16(2,3)4/h8,11,13H,5-7,9-10H2,1-4H3.